The smallest absolute Gasteiger partial charge is 0.417 e. The average molecular weight is 662 g/mol. The summed E-state index contributed by atoms with van der Waals surface area (Å²) in [5, 5.41) is 4.26. The van der Waals surface area contributed by atoms with Crippen molar-refractivity contribution < 1.29 is 64.6 Å². The molecule has 0 fully saturated rings. The summed E-state index contributed by atoms with van der Waals surface area (Å²) in [4.78, 5) is 70.7. The summed E-state index contributed by atoms with van der Waals surface area (Å²) in [5.74, 6) is -5.09. The first-order valence-electron chi connectivity index (χ1n) is 12.7. The second-order valence-corrected chi connectivity index (χ2v) is 9.43. The average Bonchev–Trinajstić information content (AvgIpc) is 2.93. The van der Waals surface area contributed by atoms with Gasteiger partial charge >= 0.3 is 24.3 Å². The van der Waals surface area contributed by atoms with Gasteiger partial charge in [-0.15, -0.1) is 0 Å². The second-order valence-electron chi connectivity index (χ2n) is 9.43. The van der Waals surface area contributed by atoms with Crippen molar-refractivity contribution in [2.24, 2.45) is 0 Å². The lowest BCUT2D eigenvalue weighted by molar-refractivity contribution is -0.138. The van der Waals surface area contributed by atoms with Crippen molar-refractivity contribution in [1.29, 1.82) is 0 Å². The Hall–Kier alpha value is -5.22. The molecule has 0 saturated heterocycles. The molecule has 0 radical (unpaired) electrons. The number of anilines is 2. The van der Waals surface area contributed by atoms with Gasteiger partial charge in [-0.25, -0.2) is 9.59 Å². The van der Waals surface area contributed by atoms with Crippen molar-refractivity contribution in [2.75, 3.05) is 38.9 Å². The topological polar surface area (TPSA) is 148 Å². The number of amides is 2. The third kappa shape index (κ3) is 10.7. The van der Waals surface area contributed by atoms with Crippen LogP contribution < -0.4 is 10.6 Å². The highest BCUT2D eigenvalue weighted by Gasteiger charge is 2.37. The first kappa shape index (κ1) is 38.8. The summed E-state index contributed by atoms with van der Waals surface area (Å²) in [6.07, 6.45) is -7.44. The van der Waals surface area contributed by atoms with Crippen LogP contribution >= 0.6 is 0 Å². The highest BCUT2D eigenvalue weighted by molar-refractivity contribution is 6.09. The van der Waals surface area contributed by atoms with Crippen molar-refractivity contribution >= 4 is 46.7 Å². The van der Waals surface area contributed by atoms with Crippen LogP contribution in [0, 0.1) is 0 Å². The van der Waals surface area contributed by atoms with Gasteiger partial charge in [-0.3, -0.25) is 19.2 Å². The largest absolute Gasteiger partial charge is 0.465 e. The van der Waals surface area contributed by atoms with Gasteiger partial charge in [-0.05, 0) is 31.2 Å². The zero-order valence-corrected chi connectivity index (χ0v) is 25.4. The molecule has 2 aromatic carbocycles. The van der Waals surface area contributed by atoms with Crippen LogP contribution in [0.4, 0.5) is 37.7 Å². The lowest BCUT2D eigenvalue weighted by atomic mass is 9.97. The van der Waals surface area contributed by atoms with Crippen molar-refractivity contribution in [2.45, 2.75) is 33.1 Å². The first-order chi connectivity index (χ1) is 21.0. The number of alkyl halides is 6. The van der Waals surface area contributed by atoms with E-state index in [1.165, 1.54) is 11.1 Å². The lowest BCUT2D eigenvalue weighted by Gasteiger charge is -2.16. The Labute approximate surface area is 258 Å². The molecule has 0 heterocycles. The van der Waals surface area contributed by atoms with Gasteiger partial charge in [0.1, 0.15) is 0 Å². The Bertz CT molecular complexity index is 1560. The summed E-state index contributed by atoms with van der Waals surface area (Å²) in [6.45, 7) is 3.10. The van der Waals surface area contributed by atoms with Gasteiger partial charge in [-0.2, -0.15) is 26.3 Å². The molecule has 0 atom stereocenters. The summed E-state index contributed by atoms with van der Waals surface area (Å²) >= 11 is 0. The van der Waals surface area contributed by atoms with E-state index in [-0.39, 0.29) is 22.5 Å². The molecular weight excluding hydrogens is 632 g/mol. The van der Waals surface area contributed by atoms with Crippen molar-refractivity contribution in [1.82, 2.24) is 4.90 Å². The van der Waals surface area contributed by atoms with E-state index in [1.54, 1.807) is 14.1 Å². The zero-order chi connectivity index (χ0) is 35.7. The van der Waals surface area contributed by atoms with Gasteiger partial charge < -0.3 is 25.0 Å². The van der Waals surface area contributed by atoms with Gasteiger partial charge in [-0.1, -0.05) is 0 Å². The van der Waals surface area contributed by atoms with Crippen molar-refractivity contribution in [3.05, 3.63) is 69.9 Å². The number of allylic oxidation sites excluding steroid dienone is 1. The minimum absolute atomic E-state index is 0.328. The van der Waals surface area contributed by atoms with Crippen LogP contribution in [0.25, 0.3) is 0 Å². The summed E-state index contributed by atoms with van der Waals surface area (Å²) in [7, 11) is 5.25. The standard InChI is InChI=1S/C16H17F3N2O4.C13H12F3NO4/c1-9(22)20-13-8-12(16(17,18)19)10(7-11(13)15(24)25-4)14(23)5-6-21(2)3;1-6(18)8-4-9(12(20)21-3)11(17-7(2)19)5-10(8)13(14,15)16/h5-8H,1-4H3,(H,20,22);4-5H,1-3H3,(H,17,19)/b6-5+;. The molecule has 0 aliphatic rings. The number of halogens is 6. The van der Waals surface area contributed by atoms with Crippen molar-refractivity contribution in [3.8, 4) is 0 Å². The molecule has 2 rings (SSSR count). The van der Waals surface area contributed by atoms with E-state index in [0.29, 0.717) is 12.1 Å². The molecule has 2 aromatic rings. The molecule has 0 unspecified atom stereocenters. The molecule has 17 heteroatoms. The Morgan fingerprint density at radius 2 is 1.02 bits per heavy atom. The first-order valence-corrected chi connectivity index (χ1v) is 12.7. The van der Waals surface area contributed by atoms with Crippen LogP contribution in [0.2, 0.25) is 0 Å². The van der Waals surface area contributed by atoms with Gasteiger partial charge in [0.15, 0.2) is 11.6 Å². The molecule has 0 aliphatic heterocycles. The van der Waals surface area contributed by atoms with Crippen LogP contribution in [-0.2, 0) is 31.4 Å². The number of ketones is 2. The number of methoxy groups -OCH3 is 2. The second kappa shape index (κ2) is 15.7. The Morgan fingerprint density at radius 3 is 1.33 bits per heavy atom. The van der Waals surface area contributed by atoms with E-state index in [2.05, 4.69) is 20.1 Å². The zero-order valence-electron chi connectivity index (χ0n) is 25.4. The molecular formula is C29H29F6N3O8. The predicted octanol–water partition coefficient (Wildman–Crippen LogP) is 5.36. The molecule has 0 bridgehead atoms. The van der Waals surface area contributed by atoms with Gasteiger partial charge in [0, 0.05) is 51.3 Å². The molecule has 0 aliphatic carbocycles. The number of hydrogen-bond donors (Lipinski definition) is 2. The van der Waals surface area contributed by atoms with E-state index in [9.17, 15) is 55.1 Å². The third-order valence-corrected chi connectivity index (χ3v) is 5.53. The summed E-state index contributed by atoms with van der Waals surface area (Å²) in [5.41, 5.74) is -5.33. The predicted molar refractivity (Wildman–Crippen MR) is 151 cm³/mol. The molecule has 11 nitrogen and oxygen atoms in total. The van der Waals surface area contributed by atoms with Crippen LogP contribution in [-0.4, -0.2) is 68.5 Å². The highest BCUT2D eigenvalue weighted by Crippen LogP contribution is 2.37. The fraction of sp³-hybridized carbons (Fsp3) is 0.310. The number of ether oxygens (including phenoxy) is 2. The SMILES string of the molecule is COC(=O)c1cc(C(=O)/C=C/N(C)C)c(C(F)(F)F)cc1NC(C)=O.COC(=O)c1cc(C(C)=O)c(C(F)(F)F)cc1NC(C)=O. The molecule has 250 valence electrons. The molecule has 46 heavy (non-hydrogen) atoms. The third-order valence-electron chi connectivity index (χ3n) is 5.53. The van der Waals surface area contributed by atoms with Crippen LogP contribution in [0.3, 0.4) is 0 Å². The monoisotopic (exact) mass is 661 g/mol. The number of Topliss-reactive ketones (excluding diaryl/α,β-unsaturated/α-hetero) is 1. The molecule has 0 spiro atoms. The van der Waals surface area contributed by atoms with Crippen molar-refractivity contribution in [3.63, 3.8) is 0 Å². The fourth-order valence-electron chi connectivity index (χ4n) is 3.61. The molecule has 2 N–H and O–H groups in total. The summed E-state index contributed by atoms with van der Waals surface area (Å²) < 4.78 is 87.8. The van der Waals surface area contributed by atoms with Crippen LogP contribution in [0.5, 0.6) is 0 Å². The van der Waals surface area contributed by atoms with E-state index in [4.69, 9.17) is 0 Å². The fourth-order valence-corrected chi connectivity index (χ4v) is 3.61. The number of hydrogen-bond acceptors (Lipinski definition) is 9. The normalized spacial score (nSPS) is 11.2. The van der Waals surface area contributed by atoms with Gasteiger partial charge in [0.2, 0.25) is 11.8 Å². The highest BCUT2D eigenvalue weighted by atomic mass is 19.4. The molecule has 2 amide bonds. The summed E-state index contributed by atoms with van der Waals surface area (Å²) in [6, 6.07) is 2.62. The number of esters is 2. The number of nitrogens with one attached hydrogen (secondary N) is 2. The number of rotatable bonds is 8. The maximum atomic E-state index is 13.3. The van der Waals surface area contributed by atoms with Gasteiger partial charge in [0.05, 0.1) is 47.8 Å². The minimum atomic E-state index is -4.86. The molecule has 0 aromatic heterocycles. The molecule has 0 saturated carbocycles. The minimum Gasteiger partial charge on any atom is -0.465 e. The number of carbonyl (C=O) groups is 6. The number of nitrogens with zero attached hydrogens (tertiary/aromatic N) is 1. The number of benzene rings is 2. The Kier molecular flexibility index (Phi) is 13.2. The maximum Gasteiger partial charge on any atom is 0.417 e. The van der Waals surface area contributed by atoms with E-state index in [0.717, 1.165) is 53.2 Å². The Morgan fingerprint density at radius 1 is 0.652 bits per heavy atom. The quantitative estimate of drug-likeness (QED) is 0.165. The van der Waals surface area contributed by atoms with Crippen LogP contribution in [0.15, 0.2) is 36.5 Å². The van der Waals surface area contributed by atoms with Crippen LogP contribution in [0.1, 0.15) is 73.3 Å². The Balaban J connectivity index is 0.000000467. The van der Waals surface area contributed by atoms with E-state index >= 15 is 0 Å². The van der Waals surface area contributed by atoms with Gasteiger partial charge in [0.25, 0.3) is 0 Å². The lowest BCUT2D eigenvalue weighted by Crippen LogP contribution is -2.18. The maximum absolute atomic E-state index is 13.3. The number of carbonyl (C=O) groups excluding carboxylic acids is 6. The van der Waals surface area contributed by atoms with E-state index < -0.39 is 69.9 Å². The van der Waals surface area contributed by atoms with E-state index in [1.807, 2.05) is 0 Å².